The molecule has 1 nitrogen and oxygen atoms in total. The molecule has 2 heteroatoms. The van der Waals surface area contributed by atoms with E-state index in [1.807, 2.05) is 0 Å². The van der Waals surface area contributed by atoms with Crippen LogP contribution in [0.25, 0.3) is 0 Å². The maximum absolute atomic E-state index is 9.45. The van der Waals surface area contributed by atoms with Crippen LogP contribution >= 0.6 is 11.3 Å². The maximum Gasteiger partial charge on any atom is 0.0502 e. The van der Waals surface area contributed by atoms with Gasteiger partial charge in [0.15, 0.2) is 0 Å². The molecule has 16 heavy (non-hydrogen) atoms. The van der Waals surface area contributed by atoms with Gasteiger partial charge in [0.2, 0.25) is 0 Å². The van der Waals surface area contributed by atoms with Crippen molar-refractivity contribution in [3.05, 3.63) is 57.8 Å². The average molecular weight is 232 g/mol. The predicted octanol–water partition coefficient (Wildman–Crippen LogP) is 3.38. The van der Waals surface area contributed by atoms with Crippen molar-refractivity contribution < 1.29 is 5.11 Å². The number of benzene rings is 1. The molecule has 1 N–H and O–H groups in total. The molecule has 0 spiro atoms. The van der Waals surface area contributed by atoms with Crippen LogP contribution < -0.4 is 0 Å². The highest BCUT2D eigenvalue weighted by molar-refractivity contribution is 7.07. The quantitative estimate of drug-likeness (QED) is 0.857. The lowest BCUT2D eigenvalue weighted by Gasteiger charge is -2.14. The molecule has 2 aromatic rings. The average Bonchev–Trinajstić information content (AvgIpc) is 2.80. The second-order valence-electron chi connectivity index (χ2n) is 4.13. The van der Waals surface area contributed by atoms with Gasteiger partial charge in [-0.25, -0.2) is 0 Å². The van der Waals surface area contributed by atoms with E-state index in [0.717, 1.165) is 6.42 Å². The van der Waals surface area contributed by atoms with Crippen molar-refractivity contribution in [3.8, 4) is 0 Å². The van der Waals surface area contributed by atoms with Crippen LogP contribution in [-0.4, -0.2) is 11.7 Å². The van der Waals surface area contributed by atoms with Crippen molar-refractivity contribution in [2.24, 2.45) is 0 Å². The Hall–Kier alpha value is -1.12. The Bertz CT molecular complexity index is 417. The first kappa shape index (κ1) is 11.4. The Labute approximate surface area is 100 Å². The summed E-state index contributed by atoms with van der Waals surface area (Å²) in [7, 11) is 0. The summed E-state index contributed by atoms with van der Waals surface area (Å²) in [6.45, 7) is 2.29. The SMILES string of the molecule is Cc1ccc(C(CO)Cc2ccsc2)cc1. The van der Waals surface area contributed by atoms with E-state index in [1.165, 1.54) is 16.7 Å². The van der Waals surface area contributed by atoms with Crippen LogP contribution in [0.3, 0.4) is 0 Å². The molecule has 1 aromatic heterocycles. The summed E-state index contributed by atoms with van der Waals surface area (Å²) in [4.78, 5) is 0. The number of hydrogen-bond acceptors (Lipinski definition) is 2. The van der Waals surface area contributed by atoms with Crippen LogP contribution in [0.2, 0.25) is 0 Å². The third-order valence-electron chi connectivity index (χ3n) is 2.83. The summed E-state index contributed by atoms with van der Waals surface area (Å²) in [6.07, 6.45) is 0.920. The molecule has 0 radical (unpaired) electrons. The van der Waals surface area contributed by atoms with Crippen molar-refractivity contribution >= 4 is 11.3 Å². The molecule has 1 unspecified atom stereocenters. The molecule has 2 rings (SSSR count). The van der Waals surface area contributed by atoms with Crippen molar-refractivity contribution in [2.75, 3.05) is 6.61 Å². The Morgan fingerprint density at radius 3 is 2.50 bits per heavy atom. The third-order valence-corrected chi connectivity index (χ3v) is 3.56. The minimum atomic E-state index is 0.207. The number of thiophene rings is 1. The highest BCUT2D eigenvalue weighted by atomic mass is 32.1. The highest BCUT2D eigenvalue weighted by Gasteiger charge is 2.11. The molecule has 0 saturated carbocycles. The van der Waals surface area contributed by atoms with E-state index in [9.17, 15) is 5.11 Å². The largest absolute Gasteiger partial charge is 0.396 e. The Morgan fingerprint density at radius 2 is 1.94 bits per heavy atom. The molecule has 0 aliphatic heterocycles. The summed E-state index contributed by atoms with van der Waals surface area (Å²) in [6, 6.07) is 10.6. The summed E-state index contributed by atoms with van der Waals surface area (Å²) in [5.74, 6) is 0.218. The first-order valence-corrected chi connectivity index (χ1v) is 6.42. The molecule has 0 bridgehead atoms. The lowest BCUT2D eigenvalue weighted by molar-refractivity contribution is 0.264. The zero-order valence-corrected chi connectivity index (χ0v) is 10.2. The number of hydrogen-bond donors (Lipinski definition) is 1. The number of aliphatic hydroxyl groups excluding tert-OH is 1. The van der Waals surface area contributed by atoms with Crippen LogP contribution in [0.1, 0.15) is 22.6 Å². The molecule has 1 aromatic carbocycles. The topological polar surface area (TPSA) is 20.2 Å². The van der Waals surface area contributed by atoms with E-state index in [1.54, 1.807) is 11.3 Å². The molecule has 1 heterocycles. The molecule has 0 aliphatic rings. The molecular formula is C14H16OS. The van der Waals surface area contributed by atoms with E-state index in [-0.39, 0.29) is 12.5 Å². The number of aryl methyl sites for hydroxylation is 1. The summed E-state index contributed by atoms with van der Waals surface area (Å²) in [5, 5.41) is 13.7. The van der Waals surface area contributed by atoms with Gasteiger partial charge in [0, 0.05) is 5.92 Å². The second-order valence-corrected chi connectivity index (χ2v) is 4.91. The van der Waals surface area contributed by atoms with Gasteiger partial charge in [-0.1, -0.05) is 29.8 Å². The van der Waals surface area contributed by atoms with Crippen LogP contribution in [-0.2, 0) is 6.42 Å². The van der Waals surface area contributed by atoms with Gasteiger partial charge in [-0.05, 0) is 41.3 Å². The molecule has 0 amide bonds. The minimum absolute atomic E-state index is 0.207. The van der Waals surface area contributed by atoms with Crippen LogP contribution in [0.15, 0.2) is 41.1 Å². The number of aliphatic hydroxyl groups is 1. The van der Waals surface area contributed by atoms with Crippen LogP contribution in [0.5, 0.6) is 0 Å². The zero-order valence-electron chi connectivity index (χ0n) is 9.39. The highest BCUT2D eigenvalue weighted by Crippen LogP contribution is 2.22. The Balaban J connectivity index is 2.13. The maximum atomic E-state index is 9.45. The fourth-order valence-corrected chi connectivity index (χ4v) is 2.50. The smallest absolute Gasteiger partial charge is 0.0502 e. The fraction of sp³-hybridized carbons (Fsp3) is 0.286. The van der Waals surface area contributed by atoms with E-state index >= 15 is 0 Å². The summed E-state index contributed by atoms with van der Waals surface area (Å²) in [5.41, 5.74) is 3.79. The predicted molar refractivity (Wildman–Crippen MR) is 69.0 cm³/mol. The fourth-order valence-electron chi connectivity index (χ4n) is 1.82. The first-order chi connectivity index (χ1) is 7.79. The van der Waals surface area contributed by atoms with E-state index in [2.05, 4.69) is 48.0 Å². The normalized spacial score (nSPS) is 12.6. The van der Waals surface area contributed by atoms with Gasteiger partial charge in [-0.15, -0.1) is 0 Å². The van der Waals surface area contributed by atoms with E-state index < -0.39 is 0 Å². The van der Waals surface area contributed by atoms with E-state index in [0.29, 0.717) is 0 Å². The van der Waals surface area contributed by atoms with Gasteiger partial charge in [0.1, 0.15) is 0 Å². The minimum Gasteiger partial charge on any atom is -0.396 e. The zero-order chi connectivity index (χ0) is 11.4. The van der Waals surface area contributed by atoms with Gasteiger partial charge in [0.25, 0.3) is 0 Å². The molecule has 0 aliphatic carbocycles. The third kappa shape index (κ3) is 2.71. The number of rotatable bonds is 4. The molecule has 0 fully saturated rings. The van der Waals surface area contributed by atoms with Crippen molar-refractivity contribution in [2.45, 2.75) is 19.3 Å². The lowest BCUT2D eigenvalue weighted by Crippen LogP contribution is -2.07. The Kier molecular flexibility index (Phi) is 3.75. The van der Waals surface area contributed by atoms with Crippen LogP contribution in [0, 0.1) is 6.92 Å². The van der Waals surface area contributed by atoms with Gasteiger partial charge in [-0.2, -0.15) is 11.3 Å². The van der Waals surface area contributed by atoms with Crippen molar-refractivity contribution in [3.63, 3.8) is 0 Å². The summed E-state index contributed by atoms with van der Waals surface area (Å²) < 4.78 is 0. The van der Waals surface area contributed by atoms with Crippen LogP contribution in [0.4, 0.5) is 0 Å². The standard InChI is InChI=1S/C14H16OS/c1-11-2-4-13(5-3-11)14(9-15)8-12-6-7-16-10-12/h2-7,10,14-15H,8-9H2,1H3. The van der Waals surface area contributed by atoms with E-state index in [4.69, 9.17) is 0 Å². The van der Waals surface area contributed by atoms with Gasteiger partial charge >= 0.3 is 0 Å². The van der Waals surface area contributed by atoms with Crippen molar-refractivity contribution in [1.82, 2.24) is 0 Å². The second kappa shape index (κ2) is 5.28. The monoisotopic (exact) mass is 232 g/mol. The van der Waals surface area contributed by atoms with Gasteiger partial charge < -0.3 is 5.11 Å². The van der Waals surface area contributed by atoms with Gasteiger partial charge in [0.05, 0.1) is 6.61 Å². The van der Waals surface area contributed by atoms with Crippen molar-refractivity contribution in [1.29, 1.82) is 0 Å². The molecule has 1 atom stereocenters. The molecule has 0 saturated heterocycles. The Morgan fingerprint density at radius 1 is 1.19 bits per heavy atom. The molecular weight excluding hydrogens is 216 g/mol. The first-order valence-electron chi connectivity index (χ1n) is 5.48. The summed E-state index contributed by atoms with van der Waals surface area (Å²) >= 11 is 1.71. The lowest BCUT2D eigenvalue weighted by atomic mass is 9.93. The van der Waals surface area contributed by atoms with Gasteiger partial charge in [-0.3, -0.25) is 0 Å². The molecule has 84 valence electrons.